The Morgan fingerprint density at radius 3 is 2.38 bits per heavy atom. The van der Waals surface area contributed by atoms with Crippen molar-refractivity contribution in [2.75, 3.05) is 18.4 Å². The SMILES string of the molecule is CCN(CC)S(=O)(=O)c1ccc(C(=O)Nc2cc(C)nn2-c2nc(-c3ccccc3)cs2)cc1. The summed E-state index contributed by atoms with van der Waals surface area (Å²) >= 11 is 1.43. The molecule has 0 spiro atoms. The number of hydrogen-bond donors (Lipinski definition) is 1. The minimum absolute atomic E-state index is 0.157. The van der Waals surface area contributed by atoms with Gasteiger partial charge in [0.05, 0.1) is 16.3 Å². The number of carbonyl (C=O) groups excluding carboxylic acids is 1. The Balaban J connectivity index is 1.56. The first-order valence-corrected chi connectivity index (χ1v) is 13.1. The molecule has 0 radical (unpaired) electrons. The maximum atomic E-state index is 12.9. The van der Waals surface area contributed by atoms with Crippen LogP contribution in [-0.4, -0.2) is 46.5 Å². The quantitative estimate of drug-likeness (QED) is 0.386. The molecule has 0 saturated heterocycles. The van der Waals surface area contributed by atoms with Crippen molar-refractivity contribution in [2.24, 2.45) is 0 Å². The first-order chi connectivity index (χ1) is 16.3. The third-order valence-electron chi connectivity index (χ3n) is 5.28. The normalized spacial score (nSPS) is 11.6. The maximum absolute atomic E-state index is 12.9. The van der Waals surface area contributed by atoms with Gasteiger partial charge in [-0.25, -0.2) is 13.4 Å². The van der Waals surface area contributed by atoms with Crippen LogP contribution in [0.25, 0.3) is 16.4 Å². The van der Waals surface area contributed by atoms with E-state index in [1.54, 1.807) is 24.6 Å². The number of carbonyl (C=O) groups is 1. The molecule has 0 aliphatic heterocycles. The van der Waals surface area contributed by atoms with E-state index in [1.165, 1.54) is 39.9 Å². The monoisotopic (exact) mass is 495 g/mol. The zero-order valence-corrected chi connectivity index (χ0v) is 20.7. The van der Waals surface area contributed by atoms with Crippen LogP contribution in [0, 0.1) is 6.92 Å². The zero-order valence-electron chi connectivity index (χ0n) is 19.1. The molecule has 2 heterocycles. The summed E-state index contributed by atoms with van der Waals surface area (Å²) in [7, 11) is -3.58. The first-order valence-electron chi connectivity index (χ1n) is 10.8. The second-order valence-electron chi connectivity index (χ2n) is 7.53. The molecule has 0 aliphatic carbocycles. The lowest BCUT2D eigenvalue weighted by atomic mass is 10.2. The van der Waals surface area contributed by atoms with Crippen LogP contribution < -0.4 is 5.32 Å². The van der Waals surface area contributed by atoms with Gasteiger partial charge < -0.3 is 5.32 Å². The number of aromatic nitrogens is 3. The van der Waals surface area contributed by atoms with Gasteiger partial charge in [0, 0.05) is 35.7 Å². The molecule has 10 heteroatoms. The summed E-state index contributed by atoms with van der Waals surface area (Å²) in [6, 6.07) is 17.5. The van der Waals surface area contributed by atoms with Gasteiger partial charge in [0.2, 0.25) is 15.2 Å². The van der Waals surface area contributed by atoms with E-state index in [1.807, 2.05) is 42.6 Å². The summed E-state index contributed by atoms with van der Waals surface area (Å²) in [5, 5.41) is 9.93. The second-order valence-corrected chi connectivity index (χ2v) is 10.3. The number of rotatable bonds is 8. The Bertz CT molecular complexity index is 1390. The van der Waals surface area contributed by atoms with Crippen molar-refractivity contribution in [1.82, 2.24) is 19.1 Å². The summed E-state index contributed by atoms with van der Waals surface area (Å²) < 4.78 is 28.3. The van der Waals surface area contributed by atoms with E-state index in [2.05, 4.69) is 15.4 Å². The summed E-state index contributed by atoms with van der Waals surface area (Å²) in [5.41, 5.74) is 2.90. The second kappa shape index (κ2) is 9.88. The highest BCUT2D eigenvalue weighted by molar-refractivity contribution is 7.89. The van der Waals surface area contributed by atoms with Crippen LogP contribution in [-0.2, 0) is 10.0 Å². The van der Waals surface area contributed by atoms with E-state index < -0.39 is 10.0 Å². The standard InChI is InChI=1S/C24H25N5O3S2/c1-4-28(5-2)34(31,32)20-13-11-19(12-14-20)23(30)26-22-15-17(3)27-29(22)24-25-21(16-33-24)18-9-7-6-8-10-18/h6-16H,4-5H2,1-3H3,(H,26,30). The van der Waals surface area contributed by atoms with Gasteiger partial charge in [-0.2, -0.15) is 14.1 Å². The minimum atomic E-state index is -3.58. The predicted octanol–water partition coefficient (Wildman–Crippen LogP) is 4.59. The summed E-state index contributed by atoms with van der Waals surface area (Å²) in [4.78, 5) is 17.7. The predicted molar refractivity (Wildman–Crippen MR) is 134 cm³/mol. The molecule has 2 aromatic carbocycles. The number of hydrogen-bond acceptors (Lipinski definition) is 6. The van der Waals surface area contributed by atoms with Crippen molar-refractivity contribution >= 4 is 33.1 Å². The van der Waals surface area contributed by atoms with Crippen molar-refractivity contribution in [2.45, 2.75) is 25.7 Å². The molecular weight excluding hydrogens is 470 g/mol. The van der Waals surface area contributed by atoms with Gasteiger partial charge in [0.15, 0.2) is 0 Å². The lowest BCUT2D eigenvalue weighted by Gasteiger charge is -2.18. The molecule has 0 atom stereocenters. The molecule has 4 aromatic rings. The highest BCUT2D eigenvalue weighted by atomic mass is 32.2. The van der Waals surface area contributed by atoms with Gasteiger partial charge in [-0.05, 0) is 31.2 Å². The van der Waals surface area contributed by atoms with E-state index in [4.69, 9.17) is 0 Å². The molecule has 176 valence electrons. The van der Waals surface area contributed by atoms with Crippen LogP contribution >= 0.6 is 11.3 Å². The maximum Gasteiger partial charge on any atom is 0.256 e. The van der Waals surface area contributed by atoms with E-state index in [9.17, 15) is 13.2 Å². The molecule has 34 heavy (non-hydrogen) atoms. The number of amides is 1. The Morgan fingerprint density at radius 1 is 1.06 bits per heavy atom. The van der Waals surface area contributed by atoms with Crippen LogP contribution in [0.15, 0.2) is 70.9 Å². The van der Waals surface area contributed by atoms with Crippen molar-refractivity contribution in [3.8, 4) is 16.4 Å². The lowest BCUT2D eigenvalue weighted by molar-refractivity contribution is 0.102. The fourth-order valence-corrected chi connectivity index (χ4v) is 5.77. The number of nitrogens with one attached hydrogen (secondary N) is 1. The average molecular weight is 496 g/mol. The Labute approximate surface area is 202 Å². The van der Waals surface area contributed by atoms with Crippen LogP contribution in [0.2, 0.25) is 0 Å². The van der Waals surface area contributed by atoms with Crippen molar-refractivity contribution in [1.29, 1.82) is 0 Å². The van der Waals surface area contributed by atoms with Crippen LogP contribution in [0.1, 0.15) is 29.9 Å². The summed E-state index contributed by atoms with van der Waals surface area (Å²) in [5.74, 6) is 0.115. The number of sulfonamides is 1. The fraction of sp³-hybridized carbons (Fsp3) is 0.208. The van der Waals surface area contributed by atoms with Gasteiger partial charge in [-0.15, -0.1) is 11.3 Å². The average Bonchev–Trinajstić information content (AvgIpc) is 3.47. The zero-order chi connectivity index (χ0) is 24.3. The van der Waals surface area contributed by atoms with Crippen LogP contribution in [0.3, 0.4) is 0 Å². The van der Waals surface area contributed by atoms with E-state index in [0.29, 0.717) is 29.6 Å². The highest BCUT2D eigenvalue weighted by Crippen LogP contribution is 2.26. The molecule has 1 amide bonds. The molecule has 0 bridgehead atoms. The van der Waals surface area contributed by atoms with E-state index >= 15 is 0 Å². The van der Waals surface area contributed by atoms with Crippen molar-refractivity contribution in [3.63, 3.8) is 0 Å². The summed E-state index contributed by atoms with van der Waals surface area (Å²) in [6.45, 7) is 6.18. The molecule has 4 rings (SSSR count). The van der Waals surface area contributed by atoms with Gasteiger partial charge in [0.1, 0.15) is 5.82 Å². The Morgan fingerprint density at radius 2 is 1.74 bits per heavy atom. The molecular formula is C24H25N5O3S2. The third-order valence-corrected chi connectivity index (χ3v) is 8.16. The van der Waals surface area contributed by atoms with Crippen molar-refractivity contribution < 1.29 is 13.2 Å². The largest absolute Gasteiger partial charge is 0.306 e. The number of anilines is 1. The Hall–Kier alpha value is -3.34. The first kappa shape index (κ1) is 23.8. The molecule has 1 N–H and O–H groups in total. The van der Waals surface area contributed by atoms with Gasteiger partial charge >= 0.3 is 0 Å². The number of benzene rings is 2. The molecule has 0 saturated carbocycles. The Kier molecular flexibility index (Phi) is 6.92. The number of nitrogens with zero attached hydrogens (tertiary/aromatic N) is 4. The molecule has 8 nitrogen and oxygen atoms in total. The van der Waals surface area contributed by atoms with Gasteiger partial charge in [-0.3, -0.25) is 4.79 Å². The van der Waals surface area contributed by atoms with Gasteiger partial charge in [-0.1, -0.05) is 44.2 Å². The number of aryl methyl sites for hydroxylation is 1. The van der Waals surface area contributed by atoms with Crippen molar-refractivity contribution in [3.05, 3.63) is 77.3 Å². The minimum Gasteiger partial charge on any atom is -0.306 e. The van der Waals surface area contributed by atoms with Crippen LogP contribution in [0.4, 0.5) is 5.82 Å². The number of thiazole rings is 1. The van der Waals surface area contributed by atoms with E-state index in [-0.39, 0.29) is 10.8 Å². The molecule has 2 aromatic heterocycles. The van der Waals surface area contributed by atoms with Crippen LogP contribution in [0.5, 0.6) is 0 Å². The lowest BCUT2D eigenvalue weighted by Crippen LogP contribution is -2.30. The summed E-state index contributed by atoms with van der Waals surface area (Å²) in [6.07, 6.45) is 0. The molecule has 0 aliphatic rings. The third kappa shape index (κ3) is 4.79. The topological polar surface area (TPSA) is 97.2 Å². The highest BCUT2D eigenvalue weighted by Gasteiger charge is 2.22. The van der Waals surface area contributed by atoms with Gasteiger partial charge in [0.25, 0.3) is 5.91 Å². The fourth-order valence-electron chi connectivity index (χ4n) is 3.52. The van der Waals surface area contributed by atoms with E-state index in [0.717, 1.165) is 17.0 Å². The molecule has 0 unspecified atom stereocenters. The smallest absolute Gasteiger partial charge is 0.256 e. The molecule has 0 fully saturated rings.